The van der Waals surface area contributed by atoms with Gasteiger partial charge in [-0.1, -0.05) is 0 Å². The number of hydrogen-bond acceptors (Lipinski definition) is 4. The van der Waals surface area contributed by atoms with E-state index in [9.17, 15) is 4.79 Å². The SMILES string of the molecule is COc1cc(NCCC(=O)NC2CC2)cc(OC)c1. The van der Waals surface area contributed by atoms with Crippen LogP contribution in [0.2, 0.25) is 0 Å². The van der Waals surface area contributed by atoms with Gasteiger partial charge in [-0.05, 0) is 12.8 Å². The first-order valence-electron chi connectivity index (χ1n) is 6.47. The molecule has 0 aliphatic heterocycles. The second kappa shape index (κ2) is 6.31. The molecule has 1 aliphatic rings. The Kier molecular flexibility index (Phi) is 4.49. The molecule has 1 aromatic carbocycles. The zero-order chi connectivity index (χ0) is 13.7. The minimum Gasteiger partial charge on any atom is -0.497 e. The maximum Gasteiger partial charge on any atom is 0.221 e. The van der Waals surface area contributed by atoms with E-state index in [2.05, 4.69) is 10.6 Å². The average molecular weight is 264 g/mol. The highest BCUT2D eigenvalue weighted by Crippen LogP contribution is 2.25. The molecule has 1 aromatic rings. The first kappa shape index (κ1) is 13.5. The van der Waals surface area contributed by atoms with Crippen LogP contribution in [0.3, 0.4) is 0 Å². The van der Waals surface area contributed by atoms with Crippen LogP contribution in [-0.2, 0) is 4.79 Å². The van der Waals surface area contributed by atoms with Gasteiger partial charge in [-0.2, -0.15) is 0 Å². The molecule has 0 saturated heterocycles. The van der Waals surface area contributed by atoms with E-state index in [4.69, 9.17) is 9.47 Å². The lowest BCUT2D eigenvalue weighted by atomic mass is 10.2. The Labute approximate surface area is 113 Å². The molecular weight excluding hydrogens is 244 g/mol. The van der Waals surface area contributed by atoms with Crippen LogP contribution < -0.4 is 20.1 Å². The van der Waals surface area contributed by atoms with Crippen molar-refractivity contribution in [3.8, 4) is 11.5 Å². The predicted molar refractivity (Wildman–Crippen MR) is 73.8 cm³/mol. The van der Waals surface area contributed by atoms with Crippen LogP contribution >= 0.6 is 0 Å². The summed E-state index contributed by atoms with van der Waals surface area (Å²) in [5, 5.41) is 6.15. The summed E-state index contributed by atoms with van der Waals surface area (Å²) in [5.74, 6) is 1.55. The molecule has 1 amide bonds. The summed E-state index contributed by atoms with van der Waals surface area (Å²) in [6, 6.07) is 5.98. The van der Waals surface area contributed by atoms with Gasteiger partial charge in [-0.3, -0.25) is 4.79 Å². The zero-order valence-corrected chi connectivity index (χ0v) is 11.4. The molecule has 5 heteroatoms. The van der Waals surface area contributed by atoms with Crippen LogP contribution in [-0.4, -0.2) is 32.7 Å². The third-order valence-electron chi connectivity index (χ3n) is 2.98. The molecule has 1 saturated carbocycles. The Morgan fingerprint density at radius 2 is 1.84 bits per heavy atom. The van der Waals surface area contributed by atoms with Crippen molar-refractivity contribution in [3.63, 3.8) is 0 Å². The molecule has 0 heterocycles. The number of hydrogen-bond donors (Lipinski definition) is 2. The quantitative estimate of drug-likeness (QED) is 0.788. The van der Waals surface area contributed by atoms with Gasteiger partial charge in [-0.25, -0.2) is 0 Å². The molecule has 0 aromatic heterocycles. The van der Waals surface area contributed by atoms with Crippen molar-refractivity contribution in [2.45, 2.75) is 25.3 Å². The number of ether oxygens (including phenoxy) is 2. The maximum absolute atomic E-state index is 11.5. The summed E-state index contributed by atoms with van der Waals surface area (Å²) in [6.45, 7) is 0.592. The summed E-state index contributed by atoms with van der Waals surface area (Å²) in [4.78, 5) is 11.5. The van der Waals surface area contributed by atoms with Gasteiger partial charge in [0.15, 0.2) is 0 Å². The van der Waals surface area contributed by atoms with Gasteiger partial charge >= 0.3 is 0 Å². The van der Waals surface area contributed by atoms with Gasteiger partial charge in [0.1, 0.15) is 11.5 Å². The highest BCUT2D eigenvalue weighted by molar-refractivity contribution is 5.77. The fourth-order valence-corrected chi connectivity index (χ4v) is 1.76. The molecule has 0 spiro atoms. The van der Waals surface area contributed by atoms with Crippen molar-refractivity contribution in [1.29, 1.82) is 0 Å². The van der Waals surface area contributed by atoms with Crippen LogP contribution in [0.15, 0.2) is 18.2 Å². The summed E-state index contributed by atoms with van der Waals surface area (Å²) < 4.78 is 10.4. The van der Waals surface area contributed by atoms with Crippen LogP contribution in [0.25, 0.3) is 0 Å². The minimum atomic E-state index is 0.102. The Bertz CT molecular complexity index is 422. The number of nitrogens with one attached hydrogen (secondary N) is 2. The van der Waals surface area contributed by atoms with Gasteiger partial charge in [-0.15, -0.1) is 0 Å². The number of anilines is 1. The normalized spacial score (nSPS) is 13.8. The van der Waals surface area contributed by atoms with E-state index in [1.54, 1.807) is 14.2 Å². The van der Waals surface area contributed by atoms with E-state index in [1.165, 1.54) is 0 Å². The second-order valence-electron chi connectivity index (χ2n) is 4.62. The van der Waals surface area contributed by atoms with Gasteiger partial charge in [0, 0.05) is 42.9 Å². The van der Waals surface area contributed by atoms with Gasteiger partial charge in [0.25, 0.3) is 0 Å². The van der Waals surface area contributed by atoms with Crippen molar-refractivity contribution in [2.75, 3.05) is 26.1 Å². The molecule has 0 unspecified atom stereocenters. The lowest BCUT2D eigenvalue weighted by molar-refractivity contribution is -0.120. The molecule has 0 bridgehead atoms. The highest BCUT2D eigenvalue weighted by Gasteiger charge is 2.22. The fourth-order valence-electron chi connectivity index (χ4n) is 1.76. The monoisotopic (exact) mass is 264 g/mol. The Morgan fingerprint density at radius 3 is 2.37 bits per heavy atom. The largest absolute Gasteiger partial charge is 0.497 e. The van der Waals surface area contributed by atoms with E-state index in [1.807, 2.05) is 18.2 Å². The number of carbonyl (C=O) groups is 1. The lowest BCUT2D eigenvalue weighted by Gasteiger charge is -2.10. The highest BCUT2D eigenvalue weighted by atomic mass is 16.5. The van der Waals surface area contributed by atoms with Crippen molar-refractivity contribution < 1.29 is 14.3 Å². The van der Waals surface area contributed by atoms with Crippen LogP contribution in [0.4, 0.5) is 5.69 Å². The molecule has 104 valence electrons. The van der Waals surface area contributed by atoms with Crippen LogP contribution in [0, 0.1) is 0 Å². The topological polar surface area (TPSA) is 59.6 Å². The average Bonchev–Trinajstić information content (AvgIpc) is 3.22. The minimum absolute atomic E-state index is 0.102. The van der Waals surface area contributed by atoms with Crippen molar-refractivity contribution in [2.24, 2.45) is 0 Å². The first-order valence-corrected chi connectivity index (χ1v) is 6.47. The number of carbonyl (C=O) groups excluding carboxylic acids is 1. The van der Waals surface area contributed by atoms with Crippen molar-refractivity contribution in [3.05, 3.63) is 18.2 Å². The van der Waals surface area contributed by atoms with Gasteiger partial charge < -0.3 is 20.1 Å². The zero-order valence-electron chi connectivity index (χ0n) is 11.4. The number of benzene rings is 1. The number of methoxy groups -OCH3 is 2. The summed E-state index contributed by atoms with van der Waals surface area (Å²) >= 11 is 0. The van der Waals surface area contributed by atoms with Crippen LogP contribution in [0.5, 0.6) is 11.5 Å². The molecule has 1 fully saturated rings. The van der Waals surface area contributed by atoms with Gasteiger partial charge in [0.2, 0.25) is 5.91 Å². The van der Waals surface area contributed by atoms with E-state index in [-0.39, 0.29) is 5.91 Å². The molecule has 0 radical (unpaired) electrons. The summed E-state index contributed by atoms with van der Waals surface area (Å²) in [7, 11) is 3.23. The van der Waals surface area contributed by atoms with E-state index in [0.717, 1.165) is 30.0 Å². The third kappa shape index (κ3) is 4.35. The Balaban J connectivity index is 1.82. The van der Waals surface area contributed by atoms with E-state index < -0.39 is 0 Å². The fraction of sp³-hybridized carbons (Fsp3) is 0.500. The number of rotatable bonds is 7. The summed E-state index contributed by atoms with van der Waals surface area (Å²) in [5.41, 5.74) is 0.885. The molecule has 1 aliphatic carbocycles. The van der Waals surface area contributed by atoms with E-state index >= 15 is 0 Å². The second-order valence-corrected chi connectivity index (χ2v) is 4.62. The molecule has 19 heavy (non-hydrogen) atoms. The molecular formula is C14H20N2O3. The predicted octanol–water partition coefficient (Wildman–Crippen LogP) is 1.78. The molecule has 5 nitrogen and oxygen atoms in total. The number of amides is 1. The third-order valence-corrected chi connectivity index (χ3v) is 2.98. The molecule has 2 N–H and O–H groups in total. The summed E-state index contributed by atoms with van der Waals surface area (Å²) in [6.07, 6.45) is 2.70. The first-order chi connectivity index (χ1) is 9.21. The Morgan fingerprint density at radius 1 is 1.21 bits per heavy atom. The lowest BCUT2D eigenvalue weighted by Crippen LogP contribution is -2.27. The smallest absolute Gasteiger partial charge is 0.221 e. The van der Waals surface area contributed by atoms with Crippen LogP contribution in [0.1, 0.15) is 19.3 Å². The van der Waals surface area contributed by atoms with Crippen molar-refractivity contribution >= 4 is 11.6 Å². The Hall–Kier alpha value is -1.91. The van der Waals surface area contributed by atoms with E-state index in [0.29, 0.717) is 19.0 Å². The van der Waals surface area contributed by atoms with Gasteiger partial charge in [0.05, 0.1) is 14.2 Å². The molecule has 0 atom stereocenters. The maximum atomic E-state index is 11.5. The standard InChI is InChI=1S/C14H20N2O3/c1-18-12-7-11(8-13(9-12)19-2)15-6-5-14(17)16-10-3-4-10/h7-10,15H,3-6H2,1-2H3,(H,16,17). The molecule has 2 rings (SSSR count). The van der Waals surface area contributed by atoms with Crippen molar-refractivity contribution in [1.82, 2.24) is 5.32 Å².